The van der Waals surface area contributed by atoms with Crippen LogP contribution >= 0.6 is 0 Å². The molecule has 3 aliphatic heterocycles. The van der Waals surface area contributed by atoms with Gasteiger partial charge in [-0.25, -0.2) is 9.98 Å². The molecule has 38 heavy (non-hydrogen) atoms. The van der Waals surface area contributed by atoms with E-state index in [-0.39, 0.29) is 25.5 Å². The highest BCUT2D eigenvalue weighted by Crippen LogP contribution is 2.23. The highest BCUT2D eigenvalue weighted by atomic mass is 19.4. The van der Waals surface area contributed by atoms with Crippen molar-refractivity contribution in [2.45, 2.75) is 64.6 Å². The molecule has 1 saturated heterocycles. The van der Waals surface area contributed by atoms with Crippen molar-refractivity contribution >= 4 is 23.8 Å². The molecule has 1 fully saturated rings. The minimum atomic E-state index is -4.19. The van der Waals surface area contributed by atoms with Crippen molar-refractivity contribution in [1.82, 2.24) is 15.1 Å². The molecule has 0 aromatic heterocycles. The van der Waals surface area contributed by atoms with Gasteiger partial charge in [0, 0.05) is 69.0 Å². The number of piperazine rings is 1. The maximum absolute atomic E-state index is 12.4. The van der Waals surface area contributed by atoms with Crippen LogP contribution in [0.5, 0.6) is 0 Å². The van der Waals surface area contributed by atoms with E-state index in [0.29, 0.717) is 30.9 Å². The topological polar surface area (TPSA) is 92.9 Å². The number of amidine groups is 1. The van der Waals surface area contributed by atoms with Crippen LogP contribution in [0.25, 0.3) is 0 Å². The molecule has 0 aromatic carbocycles. The van der Waals surface area contributed by atoms with E-state index in [1.54, 1.807) is 12.2 Å². The number of aliphatic hydroxyl groups excluding tert-OH is 1. The Morgan fingerprint density at radius 1 is 1.21 bits per heavy atom. The highest BCUT2D eigenvalue weighted by Gasteiger charge is 2.26. The molecule has 0 saturated carbocycles. The molecule has 0 amide bonds. The zero-order chi connectivity index (χ0) is 27.5. The van der Waals surface area contributed by atoms with Crippen molar-refractivity contribution in [1.29, 1.82) is 0 Å². The van der Waals surface area contributed by atoms with E-state index in [4.69, 9.17) is 9.98 Å². The summed E-state index contributed by atoms with van der Waals surface area (Å²) in [4.78, 5) is 30.3. The minimum Gasteiger partial charge on any atom is -0.395 e. The van der Waals surface area contributed by atoms with Crippen LogP contribution in [0.4, 0.5) is 13.2 Å². The van der Waals surface area contributed by atoms with Gasteiger partial charge >= 0.3 is 6.18 Å². The molecule has 8 nitrogen and oxygen atoms in total. The molecule has 210 valence electrons. The van der Waals surface area contributed by atoms with Gasteiger partial charge < -0.3 is 15.3 Å². The molecule has 0 bridgehead atoms. The Kier molecular flexibility index (Phi) is 11.3. The second kappa shape index (κ2) is 14.4. The quantitative estimate of drug-likeness (QED) is 0.203. The number of alkyl halides is 3. The first-order chi connectivity index (χ1) is 18.2. The molecule has 1 atom stereocenters. The molecule has 1 unspecified atom stereocenters. The molecule has 3 heterocycles. The van der Waals surface area contributed by atoms with Crippen molar-refractivity contribution in [3.05, 3.63) is 35.1 Å². The van der Waals surface area contributed by atoms with Gasteiger partial charge in [-0.3, -0.25) is 14.7 Å². The first-order valence-corrected chi connectivity index (χ1v) is 13.3. The van der Waals surface area contributed by atoms with Gasteiger partial charge in [0.15, 0.2) is 0 Å². The lowest BCUT2D eigenvalue weighted by molar-refractivity contribution is -0.135. The molecule has 0 aromatic rings. The van der Waals surface area contributed by atoms with E-state index in [1.165, 1.54) is 6.08 Å². The maximum Gasteiger partial charge on any atom is 0.389 e. The summed E-state index contributed by atoms with van der Waals surface area (Å²) in [6.07, 6.45) is 2.92. The van der Waals surface area contributed by atoms with Gasteiger partial charge in [0.2, 0.25) is 5.96 Å². The van der Waals surface area contributed by atoms with Gasteiger partial charge in [-0.1, -0.05) is 6.08 Å². The van der Waals surface area contributed by atoms with E-state index >= 15 is 0 Å². The average Bonchev–Trinajstić information content (AvgIpc) is 3.28. The van der Waals surface area contributed by atoms with Gasteiger partial charge in [-0.2, -0.15) is 13.2 Å². The van der Waals surface area contributed by atoms with Crippen LogP contribution in [0.15, 0.2) is 50.0 Å². The van der Waals surface area contributed by atoms with Gasteiger partial charge in [0.25, 0.3) is 0 Å². The monoisotopic (exact) mass is 536 g/mol. The number of carbonyl (C=O) groups is 1. The van der Waals surface area contributed by atoms with Crippen molar-refractivity contribution < 1.29 is 23.1 Å². The lowest BCUT2D eigenvalue weighted by Gasteiger charge is -2.36. The fraction of sp³-hybridized carbons (Fsp3) is 0.630. The molecule has 3 aliphatic rings. The number of nitrogens with zero attached hydrogens (tertiary/aromatic N) is 5. The third-order valence-electron chi connectivity index (χ3n) is 6.85. The Bertz CT molecular complexity index is 1000. The smallest absolute Gasteiger partial charge is 0.389 e. The minimum absolute atomic E-state index is 0.00734. The van der Waals surface area contributed by atoms with Crippen molar-refractivity contribution in [3.63, 3.8) is 0 Å². The fourth-order valence-electron chi connectivity index (χ4n) is 4.61. The summed E-state index contributed by atoms with van der Waals surface area (Å²) < 4.78 is 37.2. The summed E-state index contributed by atoms with van der Waals surface area (Å²) in [6, 6.07) is 0.00734. The number of unbranched alkanes of at least 4 members (excludes halogenated alkanes) is 1. The average molecular weight is 537 g/mol. The summed E-state index contributed by atoms with van der Waals surface area (Å²) in [6.45, 7) is 8.83. The Morgan fingerprint density at radius 3 is 2.61 bits per heavy atom. The van der Waals surface area contributed by atoms with Crippen LogP contribution in [0.1, 0.15) is 52.4 Å². The van der Waals surface area contributed by atoms with Crippen molar-refractivity contribution in [3.8, 4) is 0 Å². The second-order valence-electron chi connectivity index (χ2n) is 9.95. The third kappa shape index (κ3) is 9.83. The van der Waals surface area contributed by atoms with E-state index < -0.39 is 12.6 Å². The lowest BCUT2D eigenvalue weighted by Crippen LogP contribution is -2.49. The van der Waals surface area contributed by atoms with E-state index in [0.717, 1.165) is 68.3 Å². The molecule has 0 spiro atoms. The number of hydrogen-bond donors (Lipinski definition) is 2. The number of aliphatic imine (C=N–C) groups is 3. The lowest BCUT2D eigenvalue weighted by atomic mass is 10.1. The molecule has 0 aliphatic carbocycles. The number of β-amino-alcohol motifs (C(OH)–C–C–N with tert-alkyl or cyclic N) is 1. The van der Waals surface area contributed by atoms with Crippen LogP contribution in [0.2, 0.25) is 0 Å². The van der Waals surface area contributed by atoms with Crippen LogP contribution in [0, 0.1) is 0 Å². The molecule has 3 rings (SSSR count). The largest absolute Gasteiger partial charge is 0.395 e. The normalized spacial score (nSPS) is 23.4. The number of guanidine groups is 1. The number of halogens is 3. The van der Waals surface area contributed by atoms with Gasteiger partial charge in [-0.15, -0.1) is 0 Å². The zero-order valence-corrected chi connectivity index (χ0v) is 22.3. The summed E-state index contributed by atoms with van der Waals surface area (Å²) >= 11 is 0. The summed E-state index contributed by atoms with van der Waals surface area (Å²) in [7, 11) is 0. The zero-order valence-electron chi connectivity index (χ0n) is 22.3. The number of hydrogen-bond acceptors (Lipinski definition) is 6. The van der Waals surface area contributed by atoms with Gasteiger partial charge in [0.05, 0.1) is 19.2 Å². The Hall–Kier alpha value is -2.79. The number of rotatable bonds is 9. The van der Waals surface area contributed by atoms with E-state index in [2.05, 4.69) is 20.1 Å². The van der Waals surface area contributed by atoms with E-state index in [1.807, 2.05) is 13.8 Å². The molecular weight excluding hydrogens is 497 g/mol. The van der Waals surface area contributed by atoms with Crippen LogP contribution in [-0.4, -0.2) is 96.8 Å². The van der Waals surface area contributed by atoms with Crippen LogP contribution < -0.4 is 5.32 Å². The standard InChI is InChI=1S/C27H39F3N6O2/c1-20-6-9-25(36-13-11-35(12-14-36)15-16-37)34-26(32-23-17-21(2)31-18-23)33-24(20)8-7-22(19-38)5-3-4-10-27(28,29)30/h5,7-8,19,23,37H,3-4,6,9-18H2,1-2H3,(H,32,33)/b8-7+,22-5-,24-20?,34-25?. The van der Waals surface area contributed by atoms with Crippen LogP contribution in [-0.2, 0) is 4.79 Å². The number of aldehydes is 1. The Labute approximate surface area is 222 Å². The van der Waals surface area contributed by atoms with Crippen molar-refractivity contribution in [2.24, 2.45) is 15.0 Å². The second-order valence-corrected chi connectivity index (χ2v) is 9.95. The predicted octanol–water partition coefficient (Wildman–Crippen LogP) is 3.66. The number of carbonyl (C=O) groups excluding carboxylic acids is 1. The molecule has 11 heteroatoms. The van der Waals surface area contributed by atoms with Gasteiger partial charge in [0.1, 0.15) is 12.1 Å². The summed E-state index contributed by atoms with van der Waals surface area (Å²) in [5.74, 6) is 1.46. The molecule has 0 radical (unpaired) electrons. The number of nitrogens with one attached hydrogen (secondary N) is 1. The summed E-state index contributed by atoms with van der Waals surface area (Å²) in [5.41, 5.74) is 3.24. The fourth-order valence-corrected chi connectivity index (χ4v) is 4.61. The Morgan fingerprint density at radius 2 is 1.97 bits per heavy atom. The molecule has 2 N–H and O–H groups in total. The SMILES string of the molecule is CC1=NCC(N=C2N=C(N3CCN(CCO)CC3)CCC(C)=C(/C=C/C(C=O)=C/CCCC(F)(F)F)N2)C1. The first-order valence-electron chi connectivity index (χ1n) is 13.3. The number of aliphatic hydroxyl groups is 1. The van der Waals surface area contributed by atoms with Crippen molar-refractivity contribution in [2.75, 3.05) is 45.9 Å². The number of allylic oxidation sites excluding steroid dienone is 5. The van der Waals surface area contributed by atoms with E-state index in [9.17, 15) is 23.1 Å². The maximum atomic E-state index is 12.4. The third-order valence-corrected chi connectivity index (χ3v) is 6.85. The highest BCUT2D eigenvalue weighted by molar-refractivity contribution is 5.98. The van der Waals surface area contributed by atoms with Gasteiger partial charge in [-0.05, 0) is 50.8 Å². The van der Waals surface area contributed by atoms with Crippen LogP contribution in [0.3, 0.4) is 0 Å². The predicted molar refractivity (Wildman–Crippen MR) is 145 cm³/mol. The summed E-state index contributed by atoms with van der Waals surface area (Å²) in [5, 5.41) is 12.6. The first kappa shape index (κ1) is 29.8. The molecular formula is C27H39F3N6O2. The Balaban J connectivity index is 1.76.